The maximum atomic E-state index is 11.9. The zero-order valence-electron chi connectivity index (χ0n) is 12.5. The fourth-order valence-electron chi connectivity index (χ4n) is 2.27. The Morgan fingerprint density at radius 3 is 2.22 bits per heavy atom. The van der Waals surface area contributed by atoms with E-state index < -0.39 is 5.60 Å². The van der Waals surface area contributed by atoms with Crippen LogP contribution < -0.4 is 0 Å². The number of hydrogen-bond acceptors (Lipinski definition) is 3. The van der Waals surface area contributed by atoms with Crippen molar-refractivity contribution in [3.8, 4) is 0 Å². The second kappa shape index (κ2) is 6.41. The molecule has 0 aromatic carbocycles. The van der Waals surface area contributed by atoms with Gasteiger partial charge in [0.05, 0.1) is 0 Å². The summed E-state index contributed by atoms with van der Waals surface area (Å²) >= 11 is 0. The molecule has 1 fully saturated rings. The van der Waals surface area contributed by atoms with Crippen LogP contribution in [-0.2, 0) is 4.74 Å². The zero-order valence-corrected chi connectivity index (χ0v) is 12.5. The van der Waals surface area contributed by atoms with Crippen molar-refractivity contribution in [1.29, 1.82) is 0 Å². The molecule has 18 heavy (non-hydrogen) atoms. The van der Waals surface area contributed by atoms with E-state index >= 15 is 0 Å². The van der Waals surface area contributed by atoms with Gasteiger partial charge in [-0.1, -0.05) is 13.3 Å². The first kappa shape index (κ1) is 15.3. The largest absolute Gasteiger partial charge is 0.444 e. The summed E-state index contributed by atoms with van der Waals surface area (Å²) in [6.07, 6.45) is 2.27. The number of piperazine rings is 1. The van der Waals surface area contributed by atoms with Crippen LogP contribution in [0.5, 0.6) is 0 Å². The summed E-state index contributed by atoms with van der Waals surface area (Å²) in [6, 6.07) is 0.621. The average Bonchev–Trinajstić information content (AvgIpc) is 2.27. The Morgan fingerprint density at radius 2 is 1.78 bits per heavy atom. The third-order valence-electron chi connectivity index (χ3n) is 3.30. The molecule has 0 aliphatic carbocycles. The normalized spacial score (nSPS) is 19.7. The van der Waals surface area contributed by atoms with E-state index in [1.54, 1.807) is 0 Å². The fourth-order valence-corrected chi connectivity index (χ4v) is 2.27. The molecule has 1 atom stereocenters. The van der Waals surface area contributed by atoms with Gasteiger partial charge < -0.3 is 9.64 Å². The van der Waals surface area contributed by atoms with E-state index in [1.807, 2.05) is 25.7 Å². The van der Waals surface area contributed by atoms with Crippen molar-refractivity contribution in [3.63, 3.8) is 0 Å². The molecule has 4 heteroatoms. The Labute approximate surface area is 111 Å². The minimum Gasteiger partial charge on any atom is -0.444 e. The highest BCUT2D eigenvalue weighted by molar-refractivity contribution is 5.68. The van der Waals surface area contributed by atoms with Gasteiger partial charge in [0.2, 0.25) is 0 Å². The van der Waals surface area contributed by atoms with Crippen molar-refractivity contribution < 1.29 is 9.53 Å². The Morgan fingerprint density at radius 1 is 1.22 bits per heavy atom. The summed E-state index contributed by atoms with van der Waals surface area (Å²) < 4.78 is 5.39. The summed E-state index contributed by atoms with van der Waals surface area (Å²) in [5.41, 5.74) is -0.399. The number of ether oxygens (including phenoxy) is 1. The maximum Gasteiger partial charge on any atom is 0.410 e. The highest BCUT2D eigenvalue weighted by Gasteiger charge is 2.27. The monoisotopic (exact) mass is 256 g/mol. The van der Waals surface area contributed by atoms with Gasteiger partial charge in [0.15, 0.2) is 0 Å². The van der Waals surface area contributed by atoms with Gasteiger partial charge in [-0.2, -0.15) is 0 Å². The number of hydrogen-bond donors (Lipinski definition) is 0. The van der Waals surface area contributed by atoms with E-state index in [1.165, 1.54) is 12.8 Å². The summed E-state index contributed by atoms with van der Waals surface area (Å²) in [6.45, 7) is 13.7. The average molecular weight is 256 g/mol. The molecule has 0 aromatic heterocycles. The van der Waals surface area contributed by atoms with E-state index in [2.05, 4.69) is 18.7 Å². The standard InChI is InChI=1S/C14H28N2O2/c1-6-7-12(2)15-8-10-16(11-9-15)13(17)18-14(3,4)5/h12H,6-11H2,1-5H3. The summed E-state index contributed by atoms with van der Waals surface area (Å²) in [5.74, 6) is 0. The second-order valence-electron chi connectivity index (χ2n) is 6.14. The molecule has 0 N–H and O–H groups in total. The van der Waals surface area contributed by atoms with Gasteiger partial charge in [0.25, 0.3) is 0 Å². The lowest BCUT2D eigenvalue weighted by Crippen LogP contribution is -2.52. The van der Waals surface area contributed by atoms with Crippen LogP contribution in [0.15, 0.2) is 0 Å². The van der Waals surface area contributed by atoms with Crippen molar-refractivity contribution >= 4 is 6.09 Å². The Balaban J connectivity index is 2.37. The molecule has 1 rings (SSSR count). The highest BCUT2D eigenvalue weighted by atomic mass is 16.6. The number of carbonyl (C=O) groups is 1. The third kappa shape index (κ3) is 4.84. The number of nitrogens with zero attached hydrogens (tertiary/aromatic N) is 2. The molecule has 1 aliphatic heterocycles. The number of carbonyl (C=O) groups excluding carboxylic acids is 1. The topological polar surface area (TPSA) is 32.8 Å². The van der Waals surface area contributed by atoms with Gasteiger partial charge in [-0.25, -0.2) is 4.79 Å². The van der Waals surface area contributed by atoms with Crippen LogP contribution in [0, 0.1) is 0 Å². The first-order chi connectivity index (χ1) is 8.33. The summed E-state index contributed by atoms with van der Waals surface area (Å²) in [7, 11) is 0. The van der Waals surface area contributed by atoms with Gasteiger partial charge >= 0.3 is 6.09 Å². The summed E-state index contributed by atoms with van der Waals surface area (Å²) in [5, 5.41) is 0. The molecule has 1 amide bonds. The van der Waals surface area contributed by atoms with Crippen LogP contribution >= 0.6 is 0 Å². The van der Waals surface area contributed by atoms with Gasteiger partial charge in [-0.05, 0) is 34.1 Å². The van der Waals surface area contributed by atoms with Crippen LogP contribution in [0.3, 0.4) is 0 Å². The molecule has 0 spiro atoms. The minimum absolute atomic E-state index is 0.176. The Hall–Kier alpha value is -0.770. The molecule has 0 aromatic rings. The quantitative estimate of drug-likeness (QED) is 0.778. The number of amides is 1. The van der Waals surface area contributed by atoms with E-state index in [-0.39, 0.29) is 6.09 Å². The van der Waals surface area contributed by atoms with Crippen LogP contribution in [0.1, 0.15) is 47.5 Å². The molecular weight excluding hydrogens is 228 g/mol. The molecule has 1 saturated heterocycles. The smallest absolute Gasteiger partial charge is 0.410 e. The molecule has 0 bridgehead atoms. The van der Waals surface area contributed by atoms with Gasteiger partial charge in [-0.3, -0.25) is 4.90 Å². The van der Waals surface area contributed by atoms with E-state index in [0.717, 1.165) is 26.2 Å². The first-order valence-electron chi connectivity index (χ1n) is 7.05. The summed E-state index contributed by atoms with van der Waals surface area (Å²) in [4.78, 5) is 16.2. The van der Waals surface area contributed by atoms with Crippen molar-refractivity contribution in [2.24, 2.45) is 0 Å². The predicted octanol–water partition coefficient (Wildman–Crippen LogP) is 2.73. The lowest BCUT2D eigenvalue weighted by Gasteiger charge is -2.38. The van der Waals surface area contributed by atoms with Crippen molar-refractivity contribution in [2.75, 3.05) is 26.2 Å². The maximum absolute atomic E-state index is 11.9. The SMILES string of the molecule is CCCC(C)N1CCN(C(=O)OC(C)(C)C)CC1. The third-order valence-corrected chi connectivity index (χ3v) is 3.30. The van der Waals surface area contributed by atoms with Gasteiger partial charge in [-0.15, -0.1) is 0 Å². The Bertz CT molecular complexity index is 265. The Kier molecular flexibility index (Phi) is 5.45. The molecular formula is C14H28N2O2. The van der Waals surface area contributed by atoms with Gasteiger partial charge in [0.1, 0.15) is 5.60 Å². The van der Waals surface area contributed by atoms with E-state index in [0.29, 0.717) is 6.04 Å². The van der Waals surface area contributed by atoms with Gasteiger partial charge in [0, 0.05) is 32.2 Å². The first-order valence-corrected chi connectivity index (χ1v) is 7.05. The fraction of sp³-hybridized carbons (Fsp3) is 0.929. The van der Waals surface area contributed by atoms with Crippen molar-refractivity contribution in [2.45, 2.75) is 59.1 Å². The van der Waals surface area contributed by atoms with Crippen LogP contribution in [-0.4, -0.2) is 53.7 Å². The number of rotatable bonds is 3. The molecule has 0 saturated carbocycles. The lowest BCUT2D eigenvalue weighted by atomic mass is 10.1. The van der Waals surface area contributed by atoms with E-state index in [4.69, 9.17) is 4.74 Å². The van der Waals surface area contributed by atoms with E-state index in [9.17, 15) is 4.79 Å². The molecule has 4 nitrogen and oxygen atoms in total. The molecule has 0 radical (unpaired) electrons. The molecule has 1 heterocycles. The van der Waals surface area contributed by atoms with Crippen molar-refractivity contribution in [1.82, 2.24) is 9.80 Å². The molecule has 106 valence electrons. The zero-order chi connectivity index (χ0) is 13.8. The molecule has 1 aliphatic rings. The lowest BCUT2D eigenvalue weighted by molar-refractivity contribution is 0.0107. The highest BCUT2D eigenvalue weighted by Crippen LogP contribution is 2.14. The predicted molar refractivity (Wildman–Crippen MR) is 73.8 cm³/mol. The minimum atomic E-state index is -0.399. The van der Waals surface area contributed by atoms with Crippen LogP contribution in [0.4, 0.5) is 4.79 Å². The van der Waals surface area contributed by atoms with Crippen molar-refractivity contribution in [3.05, 3.63) is 0 Å². The van der Waals surface area contributed by atoms with Crippen LogP contribution in [0.2, 0.25) is 0 Å². The second-order valence-corrected chi connectivity index (χ2v) is 6.14. The molecule has 1 unspecified atom stereocenters. The van der Waals surface area contributed by atoms with Crippen LogP contribution in [0.25, 0.3) is 0 Å².